The molecule has 0 spiro atoms. The van der Waals surface area contributed by atoms with Crippen molar-refractivity contribution in [2.45, 2.75) is 50.1 Å². The largest absolute Gasteiger partial charge is 0.430 e. The van der Waals surface area contributed by atoms with Crippen LogP contribution < -0.4 is 9.88 Å². The zero-order chi connectivity index (χ0) is 22.0. The van der Waals surface area contributed by atoms with E-state index in [4.69, 9.17) is 0 Å². The lowest BCUT2D eigenvalue weighted by atomic mass is 10.1. The number of hydrogen-bond donors (Lipinski definition) is 1. The summed E-state index contributed by atoms with van der Waals surface area (Å²) >= 11 is 0. The number of amides is 1. The van der Waals surface area contributed by atoms with Gasteiger partial charge in [0.1, 0.15) is 12.4 Å². The van der Waals surface area contributed by atoms with Gasteiger partial charge in [0.25, 0.3) is 11.6 Å². The number of ether oxygens (including phenoxy) is 1. The van der Waals surface area contributed by atoms with Gasteiger partial charge in [0.15, 0.2) is 0 Å². The van der Waals surface area contributed by atoms with Gasteiger partial charge in [-0.2, -0.15) is 35.1 Å². The summed E-state index contributed by atoms with van der Waals surface area (Å²) in [5.74, 6) is -2.16. The Morgan fingerprint density at radius 2 is 1.71 bits per heavy atom. The van der Waals surface area contributed by atoms with Crippen LogP contribution in [-0.2, 0) is 23.1 Å². The van der Waals surface area contributed by atoms with Crippen LogP contribution in [0.25, 0.3) is 0 Å². The molecule has 14 heteroatoms. The molecule has 2 atom stereocenters. The Morgan fingerprint density at radius 1 is 1.14 bits per heavy atom. The molecule has 5 nitrogen and oxygen atoms in total. The predicted octanol–water partition coefficient (Wildman–Crippen LogP) is 2.65. The van der Waals surface area contributed by atoms with E-state index in [0.717, 1.165) is 0 Å². The fraction of sp³-hybridized carbons (Fsp3) is 0.714. The minimum atomic E-state index is -6.24. The summed E-state index contributed by atoms with van der Waals surface area (Å²) in [6.45, 7) is -0.866. The van der Waals surface area contributed by atoms with Gasteiger partial charge in [-0.05, 0) is 6.92 Å². The number of nitrogens with zero attached hydrogens (tertiary/aromatic N) is 2. The number of alkyl halides is 9. The van der Waals surface area contributed by atoms with Crippen LogP contribution in [0.15, 0.2) is 18.7 Å². The highest BCUT2D eigenvalue weighted by Crippen LogP contribution is 2.47. The number of nitrogens with one attached hydrogen (secondary N) is 1. The molecule has 2 unspecified atom stereocenters. The van der Waals surface area contributed by atoms with Crippen LogP contribution in [-0.4, -0.2) is 47.3 Å². The highest BCUT2D eigenvalue weighted by atomic mass is 19.4. The second-order valence-electron chi connectivity index (χ2n) is 6.02. The summed E-state index contributed by atoms with van der Waals surface area (Å²) in [4.78, 5) is 11.6. The van der Waals surface area contributed by atoms with Crippen molar-refractivity contribution in [1.29, 1.82) is 0 Å². The van der Waals surface area contributed by atoms with E-state index < -0.39 is 49.6 Å². The molecule has 0 aliphatic carbocycles. The molecular formula is C14H17F9N3O2+. The quantitative estimate of drug-likeness (QED) is 0.392. The van der Waals surface area contributed by atoms with Crippen LogP contribution in [0.2, 0.25) is 0 Å². The van der Waals surface area contributed by atoms with E-state index in [9.17, 15) is 44.3 Å². The first kappa shape index (κ1) is 24.0. The van der Waals surface area contributed by atoms with Crippen LogP contribution in [0.4, 0.5) is 39.5 Å². The standard InChI is InChI=1S/C14H16F9N3O2/c1-11(15,13(19,20)21)14(22,23)28-9(12(16,17)18)10(27)24-4-3-5-26-7-6-25(2)8-26/h6-9H,3-5H2,1-2H3/p+1. The summed E-state index contributed by atoms with van der Waals surface area (Å²) in [6, 6.07) is 0. The summed E-state index contributed by atoms with van der Waals surface area (Å²) in [5, 5.41) is 1.64. The molecule has 1 aromatic rings. The van der Waals surface area contributed by atoms with Gasteiger partial charge in [-0.15, -0.1) is 0 Å². The van der Waals surface area contributed by atoms with Crippen molar-refractivity contribution in [2.75, 3.05) is 6.54 Å². The number of carbonyl (C=O) groups excluding carboxylic acids is 1. The van der Waals surface area contributed by atoms with Gasteiger partial charge in [0.05, 0.1) is 13.6 Å². The number of halogens is 9. The van der Waals surface area contributed by atoms with Gasteiger partial charge < -0.3 is 5.32 Å². The normalized spacial score (nSPS) is 16.5. The summed E-state index contributed by atoms with van der Waals surface area (Å²) in [5.41, 5.74) is -5.45. The monoisotopic (exact) mass is 430 g/mol. The van der Waals surface area contributed by atoms with Gasteiger partial charge >= 0.3 is 18.5 Å². The van der Waals surface area contributed by atoms with Gasteiger partial charge in [-0.3, -0.25) is 9.53 Å². The maximum Gasteiger partial charge on any atom is 0.430 e. The van der Waals surface area contributed by atoms with Crippen molar-refractivity contribution < 1.29 is 53.6 Å². The van der Waals surface area contributed by atoms with Crippen LogP contribution in [0.3, 0.4) is 0 Å². The Morgan fingerprint density at radius 3 is 2.14 bits per heavy atom. The van der Waals surface area contributed by atoms with Crippen LogP contribution in [0.1, 0.15) is 13.3 Å². The Balaban J connectivity index is 2.78. The van der Waals surface area contributed by atoms with Crippen LogP contribution in [0, 0.1) is 0 Å². The third kappa shape index (κ3) is 5.75. The minimum Gasteiger partial charge on any atom is -0.353 e. The van der Waals surface area contributed by atoms with Gasteiger partial charge in [-0.25, -0.2) is 13.5 Å². The van der Waals surface area contributed by atoms with Crippen LogP contribution in [0.5, 0.6) is 0 Å². The lowest BCUT2D eigenvalue weighted by Crippen LogP contribution is -2.59. The number of aromatic nitrogens is 2. The zero-order valence-corrected chi connectivity index (χ0v) is 14.5. The summed E-state index contributed by atoms with van der Waals surface area (Å²) in [7, 11) is 1.70. The SMILES string of the molecule is C[n+]1ccn(CCCNC(=O)C(OC(F)(F)C(C)(F)C(F)(F)F)C(F)(F)F)c1. The Bertz CT molecular complexity index is 668. The summed E-state index contributed by atoms with van der Waals surface area (Å²) < 4.78 is 122. The number of imidazole rings is 1. The van der Waals surface area contributed by atoms with Crippen molar-refractivity contribution in [2.24, 2.45) is 7.05 Å². The first-order valence-corrected chi connectivity index (χ1v) is 7.66. The molecule has 0 saturated heterocycles. The maximum atomic E-state index is 13.4. The third-order valence-corrected chi connectivity index (χ3v) is 3.60. The molecule has 1 rings (SSSR count). The molecule has 162 valence electrons. The van der Waals surface area contributed by atoms with E-state index in [0.29, 0.717) is 0 Å². The highest BCUT2D eigenvalue weighted by molar-refractivity contribution is 5.81. The Hall–Kier alpha value is -1.99. The topological polar surface area (TPSA) is 47.1 Å². The number of aryl methyl sites for hydroxylation is 2. The van der Waals surface area contributed by atoms with Gasteiger partial charge in [-0.1, -0.05) is 0 Å². The minimum absolute atomic E-state index is 0.0742. The molecule has 1 N–H and O–H groups in total. The van der Waals surface area contributed by atoms with Gasteiger partial charge in [0.2, 0.25) is 12.4 Å². The second kappa shape index (κ2) is 8.17. The number of hydrogen-bond acceptors (Lipinski definition) is 2. The molecule has 1 heterocycles. The maximum absolute atomic E-state index is 13.4. The lowest BCUT2D eigenvalue weighted by molar-refractivity contribution is -0.671. The van der Waals surface area contributed by atoms with Crippen LogP contribution >= 0.6 is 0 Å². The van der Waals surface area contributed by atoms with E-state index in [-0.39, 0.29) is 13.0 Å². The van der Waals surface area contributed by atoms with Crippen molar-refractivity contribution in [3.63, 3.8) is 0 Å². The summed E-state index contributed by atoms with van der Waals surface area (Å²) in [6.07, 6.45) is -17.0. The molecular weight excluding hydrogens is 413 g/mol. The molecule has 0 saturated carbocycles. The van der Waals surface area contributed by atoms with Gasteiger partial charge in [0, 0.05) is 13.0 Å². The Kier molecular flexibility index (Phi) is 7.02. The Labute approximate surface area is 153 Å². The van der Waals surface area contributed by atoms with E-state index in [2.05, 4.69) is 4.74 Å². The first-order chi connectivity index (χ1) is 12.5. The van der Waals surface area contributed by atoms with Crippen molar-refractivity contribution >= 4 is 5.91 Å². The van der Waals surface area contributed by atoms with Crippen molar-refractivity contribution in [3.8, 4) is 0 Å². The molecule has 0 radical (unpaired) electrons. The lowest BCUT2D eigenvalue weighted by Gasteiger charge is -2.33. The molecule has 0 aliphatic rings. The van der Waals surface area contributed by atoms with E-state index >= 15 is 0 Å². The van der Waals surface area contributed by atoms with E-state index in [1.54, 1.807) is 40.2 Å². The fourth-order valence-corrected chi connectivity index (χ4v) is 1.89. The predicted molar refractivity (Wildman–Crippen MR) is 74.7 cm³/mol. The van der Waals surface area contributed by atoms with E-state index in [1.807, 2.05) is 0 Å². The molecule has 0 fully saturated rings. The smallest absolute Gasteiger partial charge is 0.353 e. The molecule has 28 heavy (non-hydrogen) atoms. The van der Waals surface area contributed by atoms with Crippen molar-refractivity contribution in [3.05, 3.63) is 18.7 Å². The molecule has 0 bridgehead atoms. The first-order valence-electron chi connectivity index (χ1n) is 7.66. The molecule has 1 aromatic heterocycles. The fourth-order valence-electron chi connectivity index (χ4n) is 1.89. The second-order valence-corrected chi connectivity index (χ2v) is 6.02. The van der Waals surface area contributed by atoms with E-state index in [1.165, 1.54) is 0 Å². The molecule has 1 amide bonds. The molecule has 0 aromatic carbocycles. The third-order valence-electron chi connectivity index (χ3n) is 3.60. The molecule has 0 aliphatic heterocycles. The number of carbonyl (C=O) groups is 1. The van der Waals surface area contributed by atoms with Crippen molar-refractivity contribution in [1.82, 2.24) is 9.88 Å². The average molecular weight is 430 g/mol. The average Bonchev–Trinajstić information content (AvgIpc) is 2.92. The number of rotatable bonds is 8. The zero-order valence-electron chi connectivity index (χ0n) is 14.5. The highest BCUT2D eigenvalue weighted by Gasteiger charge is 2.71.